The minimum atomic E-state index is -0.432. The zero-order chi connectivity index (χ0) is 20.0. The van der Waals surface area contributed by atoms with Crippen molar-refractivity contribution in [2.45, 2.75) is 37.9 Å². The van der Waals surface area contributed by atoms with E-state index in [1.54, 1.807) is 0 Å². The molecule has 6 rings (SSSR count). The number of hydrogen-bond donors (Lipinski definition) is 3. The molecule has 150 valence electrons. The summed E-state index contributed by atoms with van der Waals surface area (Å²) in [7, 11) is 0. The van der Waals surface area contributed by atoms with Gasteiger partial charge in [-0.15, -0.1) is 0 Å². The second kappa shape index (κ2) is 7.06. The Labute approximate surface area is 175 Å². The van der Waals surface area contributed by atoms with E-state index in [0.717, 1.165) is 36.9 Å². The van der Waals surface area contributed by atoms with E-state index < -0.39 is 5.66 Å². The van der Waals surface area contributed by atoms with E-state index in [1.165, 1.54) is 0 Å². The molecule has 0 aromatic heterocycles. The average Bonchev–Trinajstić information content (AvgIpc) is 2.72. The van der Waals surface area contributed by atoms with E-state index in [2.05, 4.69) is 16.0 Å². The van der Waals surface area contributed by atoms with Gasteiger partial charge >= 0.3 is 0 Å². The summed E-state index contributed by atoms with van der Waals surface area (Å²) in [6.45, 7) is 0.487. The van der Waals surface area contributed by atoms with Crippen LogP contribution < -0.4 is 16.0 Å². The minimum Gasteiger partial charge on any atom is -0.362 e. The zero-order valence-corrected chi connectivity index (χ0v) is 16.8. The second-order valence-corrected chi connectivity index (χ2v) is 8.96. The van der Waals surface area contributed by atoms with E-state index in [9.17, 15) is 9.59 Å². The second-order valence-electron chi connectivity index (χ2n) is 8.52. The molecule has 2 amide bonds. The van der Waals surface area contributed by atoms with Crippen LogP contribution in [0.2, 0.25) is 5.02 Å². The van der Waals surface area contributed by atoms with Crippen LogP contribution in [0.4, 0.5) is 5.69 Å². The summed E-state index contributed by atoms with van der Waals surface area (Å²) in [5, 5.41) is 10.6. The molecule has 1 aliphatic heterocycles. The van der Waals surface area contributed by atoms with Gasteiger partial charge in [0, 0.05) is 29.1 Å². The fraction of sp³-hybridized carbons (Fsp3) is 0.391. The lowest BCUT2D eigenvalue weighted by Gasteiger charge is -2.56. The molecule has 6 heteroatoms. The number of anilines is 1. The molecular formula is C23H24ClN3O2. The van der Waals surface area contributed by atoms with Gasteiger partial charge < -0.3 is 16.0 Å². The van der Waals surface area contributed by atoms with E-state index in [4.69, 9.17) is 11.6 Å². The first-order chi connectivity index (χ1) is 14.0. The van der Waals surface area contributed by atoms with Gasteiger partial charge in [0.05, 0.1) is 5.56 Å². The maximum Gasteiger partial charge on any atom is 0.255 e. The van der Waals surface area contributed by atoms with E-state index in [-0.39, 0.29) is 29.6 Å². The first-order valence-corrected chi connectivity index (χ1v) is 10.6. The van der Waals surface area contributed by atoms with Gasteiger partial charge in [0.2, 0.25) is 5.91 Å². The third-order valence-corrected chi connectivity index (χ3v) is 7.07. The number of fused-ring (bicyclic) bond motifs is 3. The molecule has 4 atom stereocenters. The highest BCUT2D eigenvalue weighted by Crippen LogP contribution is 2.51. The molecule has 3 fully saturated rings. The van der Waals surface area contributed by atoms with Crippen molar-refractivity contribution in [3.63, 3.8) is 0 Å². The average molecular weight is 410 g/mol. The molecule has 3 N–H and O–H groups in total. The summed E-state index contributed by atoms with van der Waals surface area (Å²) in [5.41, 5.74) is 2.15. The lowest BCUT2D eigenvalue weighted by molar-refractivity contribution is -0.132. The number of rotatable bonds is 3. The molecule has 3 unspecified atom stereocenters. The van der Waals surface area contributed by atoms with Crippen LogP contribution in [0.25, 0.3) is 0 Å². The molecule has 3 aliphatic carbocycles. The quantitative estimate of drug-likeness (QED) is 0.719. The first kappa shape index (κ1) is 18.5. The number of carbonyl (C=O) groups is 2. The summed E-state index contributed by atoms with van der Waals surface area (Å²) in [6.07, 6.45) is 3.63. The Bertz CT molecular complexity index is 978. The molecule has 2 bridgehead atoms. The highest BCUT2D eigenvalue weighted by Gasteiger charge is 2.55. The van der Waals surface area contributed by atoms with Gasteiger partial charge in [-0.1, -0.05) is 35.9 Å². The molecule has 29 heavy (non-hydrogen) atoms. The largest absolute Gasteiger partial charge is 0.362 e. The van der Waals surface area contributed by atoms with Gasteiger partial charge in [0.15, 0.2) is 0 Å². The molecule has 3 saturated carbocycles. The lowest BCUT2D eigenvalue weighted by Crippen LogP contribution is -2.68. The van der Waals surface area contributed by atoms with Crippen molar-refractivity contribution in [1.82, 2.24) is 10.6 Å². The summed E-state index contributed by atoms with van der Waals surface area (Å²) in [4.78, 5) is 25.6. The number of benzene rings is 2. The predicted molar refractivity (Wildman–Crippen MR) is 112 cm³/mol. The number of nitrogens with one attached hydrogen (secondary N) is 3. The van der Waals surface area contributed by atoms with Gasteiger partial charge in [-0.05, 0) is 61.4 Å². The molecule has 5 nitrogen and oxygen atoms in total. The third-order valence-electron chi connectivity index (χ3n) is 6.83. The van der Waals surface area contributed by atoms with Crippen LogP contribution in [-0.4, -0.2) is 17.5 Å². The number of carbonyl (C=O) groups excluding carboxylic acids is 2. The molecule has 0 saturated heterocycles. The molecule has 1 spiro atoms. The van der Waals surface area contributed by atoms with Crippen molar-refractivity contribution in [3.8, 4) is 0 Å². The van der Waals surface area contributed by atoms with Crippen LogP contribution in [-0.2, 0) is 11.3 Å². The Morgan fingerprint density at radius 1 is 1.14 bits per heavy atom. The van der Waals surface area contributed by atoms with E-state index in [0.29, 0.717) is 17.1 Å². The molecule has 2 aromatic rings. The normalized spacial score (nSPS) is 29.7. The highest BCUT2D eigenvalue weighted by atomic mass is 35.5. The fourth-order valence-electron chi connectivity index (χ4n) is 5.43. The Kier molecular flexibility index (Phi) is 4.50. The Morgan fingerprint density at radius 2 is 2.00 bits per heavy atom. The topological polar surface area (TPSA) is 70.2 Å². The van der Waals surface area contributed by atoms with Gasteiger partial charge in [0.1, 0.15) is 5.66 Å². The Morgan fingerprint density at radius 3 is 2.79 bits per heavy atom. The molecule has 0 radical (unpaired) electrons. The lowest BCUT2D eigenvalue weighted by atomic mass is 9.58. The van der Waals surface area contributed by atoms with Crippen LogP contribution in [0.3, 0.4) is 0 Å². The smallest absolute Gasteiger partial charge is 0.255 e. The van der Waals surface area contributed by atoms with Crippen molar-refractivity contribution >= 4 is 29.1 Å². The highest BCUT2D eigenvalue weighted by molar-refractivity contribution is 6.30. The number of amides is 2. The van der Waals surface area contributed by atoms with Crippen LogP contribution in [0.5, 0.6) is 0 Å². The van der Waals surface area contributed by atoms with E-state index in [1.807, 2.05) is 48.5 Å². The minimum absolute atomic E-state index is 0.00516. The molecule has 2 aromatic carbocycles. The molecule has 1 heterocycles. The van der Waals surface area contributed by atoms with Gasteiger partial charge in [-0.25, -0.2) is 0 Å². The number of para-hydroxylation sites is 1. The summed E-state index contributed by atoms with van der Waals surface area (Å²) in [6, 6.07) is 15.2. The summed E-state index contributed by atoms with van der Waals surface area (Å²) in [5.74, 6) is 0.588. The standard InChI is InChI=1S/C23H24ClN3O2/c24-17-5-3-4-14(10-17)13-25-21(28)19-11-16-9-8-15(19)12-23(16)26-20-7-2-1-6-18(20)22(29)27-23/h1-7,10,15-16,19,26H,8-9,11-13H2,(H,25,28)(H,27,29)/t15?,16?,19?,23-/m1/s1. The Hall–Kier alpha value is -2.53. The number of hydrogen-bond acceptors (Lipinski definition) is 3. The SMILES string of the molecule is O=C1N[C@@]2(CC3CCC2CC3C(=O)NCc2cccc(Cl)c2)Nc2ccccc21. The monoisotopic (exact) mass is 409 g/mol. The first-order valence-electron chi connectivity index (χ1n) is 10.3. The van der Waals surface area contributed by atoms with Crippen LogP contribution >= 0.6 is 11.6 Å². The van der Waals surface area contributed by atoms with Crippen molar-refractivity contribution < 1.29 is 9.59 Å². The fourth-order valence-corrected chi connectivity index (χ4v) is 5.64. The molecular weight excluding hydrogens is 386 g/mol. The maximum atomic E-state index is 12.9. The van der Waals surface area contributed by atoms with Crippen LogP contribution in [0.15, 0.2) is 48.5 Å². The molecule has 4 aliphatic rings. The van der Waals surface area contributed by atoms with Gasteiger partial charge in [0.25, 0.3) is 5.91 Å². The summed E-state index contributed by atoms with van der Waals surface area (Å²) < 4.78 is 0. The third kappa shape index (κ3) is 3.27. The van der Waals surface area contributed by atoms with Gasteiger partial charge in [-0.2, -0.15) is 0 Å². The van der Waals surface area contributed by atoms with Gasteiger partial charge in [-0.3, -0.25) is 9.59 Å². The van der Waals surface area contributed by atoms with E-state index >= 15 is 0 Å². The number of halogens is 1. The maximum absolute atomic E-state index is 12.9. The zero-order valence-electron chi connectivity index (χ0n) is 16.1. The van der Waals surface area contributed by atoms with Crippen molar-refractivity contribution in [2.24, 2.45) is 17.8 Å². The van der Waals surface area contributed by atoms with Crippen LogP contribution in [0, 0.1) is 17.8 Å². The van der Waals surface area contributed by atoms with Crippen molar-refractivity contribution in [3.05, 3.63) is 64.7 Å². The Balaban J connectivity index is 1.29. The van der Waals surface area contributed by atoms with Crippen molar-refractivity contribution in [1.29, 1.82) is 0 Å². The summed E-state index contributed by atoms with van der Waals surface area (Å²) >= 11 is 6.04. The van der Waals surface area contributed by atoms with Crippen LogP contribution in [0.1, 0.15) is 41.6 Å². The van der Waals surface area contributed by atoms with Crippen molar-refractivity contribution in [2.75, 3.05) is 5.32 Å². The predicted octanol–water partition coefficient (Wildman–Crippen LogP) is 3.94.